The number of thiazole rings is 1. The van der Waals surface area contributed by atoms with Crippen LogP contribution in [-0.2, 0) is 9.53 Å². The minimum atomic E-state index is -0.452. The van der Waals surface area contributed by atoms with E-state index in [1.165, 1.54) is 11.3 Å². The molecular formula is C9H13N3O3S. The number of anilines is 1. The number of aromatic nitrogens is 1. The van der Waals surface area contributed by atoms with Crippen molar-refractivity contribution in [3.8, 4) is 0 Å². The van der Waals surface area contributed by atoms with Gasteiger partial charge in [0.05, 0.1) is 13.2 Å². The van der Waals surface area contributed by atoms with E-state index < -0.39 is 5.97 Å². The van der Waals surface area contributed by atoms with Gasteiger partial charge in [0.2, 0.25) is 5.91 Å². The summed E-state index contributed by atoms with van der Waals surface area (Å²) >= 11 is 1.25. The molecule has 1 rings (SSSR count). The van der Waals surface area contributed by atoms with Crippen molar-refractivity contribution in [3.05, 3.63) is 11.1 Å². The first kappa shape index (κ1) is 12.4. The lowest BCUT2D eigenvalue weighted by Gasteiger charge is -2.00. The minimum absolute atomic E-state index is 0.131. The summed E-state index contributed by atoms with van der Waals surface area (Å²) in [5.41, 5.74) is 0.256. The quantitative estimate of drug-likeness (QED) is 0.735. The number of rotatable bonds is 5. The van der Waals surface area contributed by atoms with Gasteiger partial charge < -0.3 is 15.4 Å². The molecule has 0 saturated heterocycles. The summed E-state index contributed by atoms with van der Waals surface area (Å²) in [6.45, 7) is 2.18. The number of likely N-dealkylation sites (N-methyl/N-ethyl adjacent to an activating group) is 1. The highest BCUT2D eigenvalue weighted by Gasteiger charge is 2.11. The van der Waals surface area contributed by atoms with Crippen molar-refractivity contribution in [1.82, 2.24) is 10.3 Å². The Morgan fingerprint density at radius 3 is 2.94 bits per heavy atom. The molecule has 0 spiro atoms. The Bertz CT molecular complexity index is 378. The van der Waals surface area contributed by atoms with Crippen molar-refractivity contribution in [1.29, 1.82) is 0 Å². The van der Waals surface area contributed by atoms with Crippen LogP contribution >= 0.6 is 11.3 Å². The van der Waals surface area contributed by atoms with Crippen molar-refractivity contribution in [2.24, 2.45) is 0 Å². The Labute approximate surface area is 97.0 Å². The van der Waals surface area contributed by atoms with E-state index in [2.05, 4.69) is 15.6 Å². The number of esters is 1. The van der Waals surface area contributed by atoms with Crippen LogP contribution in [0.4, 0.5) is 5.13 Å². The third-order valence-electron chi connectivity index (χ3n) is 1.67. The molecule has 1 heterocycles. The van der Waals surface area contributed by atoms with Crippen molar-refractivity contribution in [2.75, 3.05) is 25.5 Å². The van der Waals surface area contributed by atoms with E-state index in [0.717, 1.165) is 0 Å². The molecule has 1 amide bonds. The summed E-state index contributed by atoms with van der Waals surface area (Å²) in [5, 5.41) is 7.38. The van der Waals surface area contributed by atoms with Gasteiger partial charge >= 0.3 is 5.97 Å². The second-order valence-corrected chi connectivity index (χ2v) is 3.64. The van der Waals surface area contributed by atoms with E-state index in [1.807, 2.05) is 0 Å². The highest BCUT2D eigenvalue weighted by Crippen LogP contribution is 2.15. The summed E-state index contributed by atoms with van der Waals surface area (Å²) in [5.74, 6) is -0.598. The molecule has 2 N–H and O–H groups in total. The van der Waals surface area contributed by atoms with Crippen molar-refractivity contribution < 1.29 is 14.3 Å². The molecule has 6 nitrogen and oxygen atoms in total. The summed E-state index contributed by atoms with van der Waals surface area (Å²) in [6.07, 6.45) is 0. The third-order valence-corrected chi connectivity index (χ3v) is 2.47. The summed E-state index contributed by atoms with van der Waals surface area (Å²) < 4.78 is 4.79. The number of carbonyl (C=O) groups is 2. The number of carbonyl (C=O) groups excluding carboxylic acids is 2. The largest absolute Gasteiger partial charge is 0.461 e. The van der Waals surface area contributed by atoms with E-state index in [1.54, 1.807) is 19.4 Å². The van der Waals surface area contributed by atoms with Gasteiger partial charge in [-0.25, -0.2) is 9.78 Å². The van der Waals surface area contributed by atoms with Gasteiger partial charge in [-0.05, 0) is 6.92 Å². The zero-order chi connectivity index (χ0) is 12.0. The van der Waals surface area contributed by atoms with Crippen LogP contribution < -0.4 is 10.6 Å². The number of ether oxygens (including phenoxy) is 1. The standard InChI is InChI=1S/C9H13N3O3S/c1-3-15-8(14)6-5-16-9(12-6)11-4-7(13)10-2/h5H,3-4H2,1-2H3,(H,10,13)(H,11,12). The van der Waals surface area contributed by atoms with Gasteiger partial charge in [0.25, 0.3) is 0 Å². The maximum absolute atomic E-state index is 11.3. The number of amides is 1. The molecule has 1 aromatic rings. The molecule has 0 fully saturated rings. The molecule has 0 atom stereocenters. The molecule has 16 heavy (non-hydrogen) atoms. The fraction of sp³-hybridized carbons (Fsp3) is 0.444. The normalized spacial score (nSPS) is 9.62. The van der Waals surface area contributed by atoms with Gasteiger partial charge in [0, 0.05) is 12.4 Å². The lowest BCUT2D eigenvalue weighted by Crippen LogP contribution is -2.26. The highest BCUT2D eigenvalue weighted by molar-refractivity contribution is 7.13. The fourth-order valence-corrected chi connectivity index (χ4v) is 1.58. The number of hydrogen-bond acceptors (Lipinski definition) is 6. The SMILES string of the molecule is CCOC(=O)c1csc(NCC(=O)NC)n1. The topological polar surface area (TPSA) is 80.3 Å². The molecule has 0 saturated carbocycles. The Morgan fingerprint density at radius 1 is 1.56 bits per heavy atom. The molecule has 0 aliphatic carbocycles. The molecular weight excluding hydrogens is 230 g/mol. The fourth-order valence-electron chi connectivity index (χ4n) is 0.898. The minimum Gasteiger partial charge on any atom is -0.461 e. The first-order valence-corrected chi connectivity index (χ1v) is 5.62. The van der Waals surface area contributed by atoms with Crippen LogP contribution in [0.2, 0.25) is 0 Å². The highest BCUT2D eigenvalue weighted by atomic mass is 32.1. The predicted molar refractivity (Wildman–Crippen MR) is 60.6 cm³/mol. The molecule has 0 aliphatic rings. The van der Waals surface area contributed by atoms with Crippen LogP contribution in [0.5, 0.6) is 0 Å². The van der Waals surface area contributed by atoms with E-state index in [4.69, 9.17) is 4.74 Å². The summed E-state index contributed by atoms with van der Waals surface area (Å²) in [4.78, 5) is 26.2. The van der Waals surface area contributed by atoms with Gasteiger partial charge in [-0.15, -0.1) is 11.3 Å². The lowest BCUT2D eigenvalue weighted by molar-refractivity contribution is -0.118. The van der Waals surface area contributed by atoms with E-state index >= 15 is 0 Å². The van der Waals surface area contributed by atoms with Crippen molar-refractivity contribution in [3.63, 3.8) is 0 Å². The predicted octanol–water partition coefficient (Wildman–Crippen LogP) is 0.478. The molecule has 0 aromatic carbocycles. The number of nitrogens with zero attached hydrogens (tertiary/aromatic N) is 1. The summed E-state index contributed by atoms with van der Waals surface area (Å²) in [6, 6.07) is 0. The lowest BCUT2D eigenvalue weighted by atomic mass is 10.5. The van der Waals surface area contributed by atoms with Gasteiger partial charge in [-0.3, -0.25) is 4.79 Å². The van der Waals surface area contributed by atoms with E-state index in [0.29, 0.717) is 11.7 Å². The van der Waals surface area contributed by atoms with Gasteiger partial charge in [-0.2, -0.15) is 0 Å². The zero-order valence-corrected chi connectivity index (χ0v) is 9.89. The molecule has 0 radical (unpaired) electrons. The van der Waals surface area contributed by atoms with E-state index in [9.17, 15) is 9.59 Å². The number of nitrogens with one attached hydrogen (secondary N) is 2. The second kappa shape index (κ2) is 6.06. The van der Waals surface area contributed by atoms with Crippen LogP contribution in [-0.4, -0.2) is 37.1 Å². The Morgan fingerprint density at radius 2 is 2.31 bits per heavy atom. The first-order valence-electron chi connectivity index (χ1n) is 4.74. The maximum Gasteiger partial charge on any atom is 0.357 e. The maximum atomic E-state index is 11.3. The number of hydrogen-bond donors (Lipinski definition) is 2. The monoisotopic (exact) mass is 243 g/mol. The van der Waals surface area contributed by atoms with Crippen molar-refractivity contribution in [2.45, 2.75) is 6.92 Å². The van der Waals surface area contributed by atoms with Crippen LogP contribution in [0.1, 0.15) is 17.4 Å². The Balaban J connectivity index is 2.51. The zero-order valence-electron chi connectivity index (χ0n) is 9.07. The van der Waals surface area contributed by atoms with Crippen LogP contribution in [0.25, 0.3) is 0 Å². The van der Waals surface area contributed by atoms with Crippen molar-refractivity contribution >= 4 is 28.3 Å². The second-order valence-electron chi connectivity index (χ2n) is 2.79. The smallest absolute Gasteiger partial charge is 0.357 e. The Hall–Kier alpha value is -1.63. The third kappa shape index (κ3) is 3.50. The van der Waals surface area contributed by atoms with Gasteiger partial charge in [-0.1, -0.05) is 0 Å². The first-order chi connectivity index (χ1) is 7.67. The molecule has 7 heteroatoms. The molecule has 88 valence electrons. The molecule has 0 aliphatic heterocycles. The van der Waals surface area contributed by atoms with Gasteiger partial charge in [0.15, 0.2) is 10.8 Å². The molecule has 1 aromatic heterocycles. The average molecular weight is 243 g/mol. The summed E-state index contributed by atoms with van der Waals surface area (Å²) in [7, 11) is 1.55. The van der Waals surface area contributed by atoms with Crippen LogP contribution in [0, 0.1) is 0 Å². The van der Waals surface area contributed by atoms with Crippen LogP contribution in [0.15, 0.2) is 5.38 Å². The van der Waals surface area contributed by atoms with Crippen LogP contribution in [0.3, 0.4) is 0 Å². The van der Waals surface area contributed by atoms with Gasteiger partial charge in [0.1, 0.15) is 0 Å². The average Bonchev–Trinajstić information content (AvgIpc) is 2.75. The van der Waals surface area contributed by atoms with E-state index in [-0.39, 0.29) is 18.1 Å². The molecule has 0 unspecified atom stereocenters. The Kier molecular flexibility index (Phi) is 4.71. The molecule has 0 bridgehead atoms.